The molecule has 3 heteroatoms. The number of fused-ring (bicyclic) bond motifs is 1. The van der Waals surface area contributed by atoms with E-state index in [2.05, 4.69) is 34.9 Å². The van der Waals surface area contributed by atoms with E-state index in [-0.39, 0.29) is 0 Å². The molecule has 0 aliphatic carbocycles. The number of aromatic nitrogens is 2. The van der Waals surface area contributed by atoms with Gasteiger partial charge in [-0.2, -0.15) is 0 Å². The van der Waals surface area contributed by atoms with Crippen molar-refractivity contribution in [3.8, 4) is 12.3 Å². The Morgan fingerprint density at radius 1 is 1.31 bits per heavy atom. The molecule has 1 aromatic heterocycles. The molecule has 0 saturated carbocycles. The molecule has 0 bridgehead atoms. The van der Waals surface area contributed by atoms with Crippen LogP contribution in [0.15, 0.2) is 23.4 Å². The van der Waals surface area contributed by atoms with E-state index < -0.39 is 0 Å². The highest BCUT2D eigenvalue weighted by molar-refractivity contribution is 7.99. The second-order valence-corrected chi connectivity index (χ2v) is 4.55. The molecule has 0 fully saturated rings. The Morgan fingerprint density at radius 3 is 2.88 bits per heavy atom. The van der Waals surface area contributed by atoms with E-state index >= 15 is 0 Å². The minimum atomic E-state index is 0.608. The lowest BCUT2D eigenvalue weighted by Crippen LogP contribution is -1.93. The summed E-state index contributed by atoms with van der Waals surface area (Å²) in [5.74, 6) is 3.18. The number of terminal acetylenes is 1. The molecule has 80 valence electrons. The third-order valence-corrected chi connectivity index (χ3v) is 3.06. The number of hydrogen-bond donors (Lipinski definition) is 0. The van der Waals surface area contributed by atoms with Gasteiger partial charge in [-0.3, -0.25) is 0 Å². The van der Waals surface area contributed by atoms with E-state index in [1.165, 1.54) is 17.3 Å². The third kappa shape index (κ3) is 2.17. The van der Waals surface area contributed by atoms with Gasteiger partial charge < -0.3 is 0 Å². The second-order valence-electron chi connectivity index (χ2n) is 3.60. The smallest absolute Gasteiger partial charge is 0.189 e. The highest BCUT2D eigenvalue weighted by atomic mass is 32.2. The van der Waals surface area contributed by atoms with Crippen molar-refractivity contribution in [1.82, 2.24) is 9.97 Å². The van der Waals surface area contributed by atoms with Crippen LogP contribution in [-0.4, -0.2) is 15.7 Å². The molecule has 1 aromatic carbocycles. The van der Waals surface area contributed by atoms with Crippen LogP contribution in [0, 0.1) is 26.2 Å². The van der Waals surface area contributed by atoms with Crippen molar-refractivity contribution in [3.05, 3.63) is 29.5 Å². The van der Waals surface area contributed by atoms with Crippen molar-refractivity contribution >= 4 is 22.7 Å². The first-order valence-corrected chi connectivity index (χ1v) is 6.00. The summed E-state index contributed by atoms with van der Waals surface area (Å²) < 4.78 is 0. The summed E-state index contributed by atoms with van der Waals surface area (Å²) in [6.07, 6.45) is 5.22. The van der Waals surface area contributed by atoms with Crippen molar-refractivity contribution in [2.24, 2.45) is 0 Å². The Hall–Kier alpha value is -1.53. The summed E-state index contributed by atoms with van der Waals surface area (Å²) >= 11 is 1.50. The van der Waals surface area contributed by atoms with Crippen LogP contribution in [0.4, 0.5) is 0 Å². The third-order valence-electron chi connectivity index (χ3n) is 2.31. The summed E-state index contributed by atoms with van der Waals surface area (Å²) in [7, 11) is 0. The largest absolute Gasteiger partial charge is 0.227 e. The predicted octanol–water partition coefficient (Wildman–Crippen LogP) is 2.97. The average Bonchev–Trinajstić information content (AvgIpc) is 2.27. The van der Waals surface area contributed by atoms with Gasteiger partial charge >= 0.3 is 0 Å². The van der Waals surface area contributed by atoms with Gasteiger partial charge in [0.1, 0.15) is 0 Å². The first-order valence-electron chi connectivity index (χ1n) is 5.02. The summed E-state index contributed by atoms with van der Waals surface area (Å²) in [6, 6.07) is 6.20. The first kappa shape index (κ1) is 11.0. The molecule has 0 aliphatic heterocycles. The molecule has 0 N–H and O–H groups in total. The Morgan fingerprint density at radius 2 is 2.12 bits per heavy atom. The van der Waals surface area contributed by atoms with Gasteiger partial charge in [-0.25, -0.2) is 9.97 Å². The highest BCUT2D eigenvalue weighted by Gasteiger charge is 2.04. The fourth-order valence-electron chi connectivity index (χ4n) is 1.54. The molecule has 2 rings (SSSR count). The summed E-state index contributed by atoms with van der Waals surface area (Å²) in [6.45, 7) is 4.07. The zero-order valence-corrected chi connectivity index (χ0v) is 10.1. The van der Waals surface area contributed by atoms with E-state index in [1.807, 2.05) is 13.0 Å². The minimum absolute atomic E-state index is 0.608. The van der Waals surface area contributed by atoms with Crippen LogP contribution in [0.2, 0.25) is 0 Å². The molecule has 0 atom stereocenters. The van der Waals surface area contributed by atoms with Crippen LogP contribution >= 0.6 is 11.8 Å². The maximum Gasteiger partial charge on any atom is 0.189 e. The zero-order chi connectivity index (χ0) is 11.5. The molecule has 16 heavy (non-hydrogen) atoms. The number of aryl methyl sites for hydroxylation is 2. The molecule has 2 aromatic rings. The number of nitrogens with zero attached hydrogens (tertiary/aromatic N) is 2. The van der Waals surface area contributed by atoms with Crippen LogP contribution in [-0.2, 0) is 0 Å². The number of thioether (sulfide) groups is 1. The van der Waals surface area contributed by atoms with Crippen LogP contribution in [0.5, 0.6) is 0 Å². The highest BCUT2D eigenvalue weighted by Crippen LogP contribution is 2.21. The van der Waals surface area contributed by atoms with Crippen molar-refractivity contribution in [2.45, 2.75) is 19.0 Å². The lowest BCUT2D eigenvalue weighted by atomic mass is 10.1. The number of hydrogen-bond acceptors (Lipinski definition) is 3. The quantitative estimate of drug-likeness (QED) is 0.449. The summed E-state index contributed by atoms with van der Waals surface area (Å²) in [5, 5.41) is 1.87. The fourth-order valence-corrected chi connectivity index (χ4v) is 2.12. The molecule has 2 nitrogen and oxygen atoms in total. The lowest BCUT2D eigenvalue weighted by molar-refractivity contribution is 0.970. The Bertz CT molecular complexity index is 570. The van der Waals surface area contributed by atoms with E-state index in [0.717, 1.165) is 21.8 Å². The predicted molar refractivity (Wildman–Crippen MR) is 68.6 cm³/mol. The molecule has 0 aliphatic rings. The van der Waals surface area contributed by atoms with E-state index in [0.29, 0.717) is 5.75 Å². The SMILES string of the molecule is C#CCSc1nc(C)c2cc(C)ccc2n1. The maximum absolute atomic E-state index is 5.22. The van der Waals surface area contributed by atoms with Gasteiger partial charge in [-0.05, 0) is 26.0 Å². The first-order chi connectivity index (χ1) is 7.70. The molecular formula is C13H12N2S. The van der Waals surface area contributed by atoms with Crippen LogP contribution in [0.25, 0.3) is 10.9 Å². The second kappa shape index (κ2) is 4.54. The van der Waals surface area contributed by atoms with Crippen molar-refractivity contribution in [1.29, 1.82) is 0 Å². The van der Waals surface area contributed by atoms with Gasteiger partial charge in [0.25, 0.3) is 0 Å². The van der Waals surface area contributed by atoms with E-state index in [9.17, 15) is 0 Å². The normalized spacial score (nSPS) is 10.3. The Balaban J connectivity index is 2.51. The molecule has 1 heterocycles. The van der Waals surface area contributed by atoms with Crippen molar-refractivity contribution in [3.63, 3.8) is 0 Å². The Labute approximate surface area is 99.5 Å². The molecule has 0 spiro atoms. The van der Waals surface area contributed by atoms with Crippen LogP contribution in [0.1, 0.15) is 11.3 Å². The number of rotatable bonds is 2. The molecule has 0 amide bonds. The van der Waals surface area contributed by atoms with Crippen LogP contribution < -0.4 is 0 Å². The lowest BCUT2D eigenvalue weighted by Gasteiger charge is -2.04. The summed E-state index contributed by atoms with van der Waals surface area (Å²) in [4.78, 5) is 8.91. The van der Waals surface area contributed by atoms with Crippen LogP contribution in [0.3, 0.4) is 0 Å². The number of benzene rings is 1. The molecular weight excluding hydrogens is 216 g/mol. The van der Waals surface area contributed by atoms with Gasteiger partial charge in [0.2, 0.25) is 0 Å². The van der Waals surface area contributed by atoms with Gasteiger partial charge in [0, 0.05) is 11.1 Å². The molecule has 0 unspecified atom stereocenters. The van der Waals surface area contributed by atoms with Crippen molar-refractivity contribution < 1.29 is 0 Å². The zero-order valence-electron chi connectivity index (χ0n) is 9.32. The van der Waals surface area contributed by atoms with Gasteiger partial charge in [-0.1, -0.05) is 29.3 Å². The van der Waals surface area contributed by atoms with Gasteiger partial charge in [0.15, 0.2) is 5.16 Å². The minimum Gasteiger partial charge on any atom is -0.227 e. The van der Waals surface area contributed by atoms with E-state index in [4.69, 9.17) is 6.42 Å². The topological polar surface area (TPSA) is 25.8 Å². The maximum atomic E-state index is 5.22. The Kier molecular flexibility index (Phi) is 3.12. The van der Waals surface area contributed by atoms with Crippen molar-refractivity contribution in [2.75, 3.05) is 5.75 Å². The fraction of sp³-hybridized carbons (Fsp3) is 0.231. The summed E-state index contributed by atoms with van der Waals surface area (Å²) in [5.41, 5.74) is 3.22. The van der Waals surface area contributed by atoms with Gasteiger partial charge in [-0.15, -0.1) is 6.42 Å². The van der Waals surface area contributed by atoms with E-state index in [1.54, 1.807) is 0 Å². The standard InChI is InChI=1S/C13H12N2S/c1-4-7-16-13-14-10(3)11-8-9(2)5-6-12(11)15-13/h1,5-6,8H,7H2,2-3H3. The average molecular weight is 228 g/mol. The molecule has 0 saturated heterocycles. The molecule has 0 radical (unpaired) electrons. The van der Waals surface area contributed by atoms with Gasteiger partial charge in [0.05, 0.1) is 11.3 Å². The monoisotopic (exact) mass is 228 g/mol.